The Morgan fingerprint density at radius 2 is 1.03 bits per heavy atom. The third kappa shape index (κ3) is 5.61. The molecule has 272 valence electrons. The molecule has 10 rings (SSSR count). The van der Waals surface area contributed by atoms with Crippen molar-refractivity contribution in [2.45, 2.75) is 6.92 Å². The van der Waals surface area contributed by atoms with Gasteiger partial charge in [-0.15, -0.1) is 0 Å². The van der Waals surface area contributed by atoms with Crippen LogP contribution in [0.2, 0.25) is 0 Å². The number of hydrogen-bond acceptors (Lipinski definition) is 2. The highest BCUT2D eigenvalue weighted by Crippen LogP contribution is 2.47. The molecular formula is C53H30N6. The van der Waals surface area contributed by atoms with Gasteiger partial charge in [0.25, 0.3) is 0 Å². The summed E-state index contributed by atoms with van der Waals surface area (Å²) in [5.41, 5.74) is 13.7. The van der Waals surface area contributed by atoms with Crippen molar-refractivity contribution in [3.05, 3.63) is 203 Å². The van der Waals surface area contributed by atoms with Crippen LogP contribution in [-0.2, 0) is 0 Å². The van der Waals surface area contributed by atoms with Crippen LogP contribution in [0.1, 0.15) is 16.7 Å². The smallest absolute Gasteiger partial charge is 0.234 e. The number of fused-ring (bicyclic) bond motifs is 6. The monoisotopic (exact) mass is 750 g/mol. The van der Waals surface area contributed by atoms with E-state index in [1.165, 1.54) is 0 Å². The fourth-order valence-corrected chi connectivity index (χ4v) is 8.65. The van der Waals surface area contributed by atoms with E-state index < -0.39 is 0 Å². The molecule has 0 amide bonds. The van der Waals surface area contributed by atoms with E-state index in [1.54, 1.807) is 6.07 Å². The van der Waals surface area contributed by atoms with Crippen molar-refractivity contribution in [1.82, 2.24) is 9.13 Å². The Bertz CT molecular complexity index is 3570. The second-order valence-corrected chi connectivity index (χ2v) is 14.7. The third-order valence-corrected chi connectivity index (χ3v) is 11.2. The van der Waals surface area contributed by atoms with Crippen molar-refractivity contribution < 1.29 is 0 Å². The third-order valence-electron chi connectivity index (χ3n) is 11.2. The van der Waals surface area contributed by atoms with Gasteiger partial charge in [-0.1, -0.05) is 103 Å². The molecule has 6 nitrogen and oxygen atoms in total. The molecule has 0 saturated heterocycles. The Hall–Kier alpha value is -8.68. The number of nitriles is 2. The predicted octanol–water partition coefficient (Wildman–Crippen LogP) is 14.0. The molecule has 0 atom stereocenters. The minimum atomic E-state index is 0.449. The fraction of sp³-hybridized carbons (Fsp3) is 0.0189. The molecule has 2 heterocycles. The standard InChI is InChI=1S/C53H30N6/c1-33-24-35(32-55)27-40(25-33)42-22-23-49(58-47-16-6-4-14-43(47)45-20-18-38(29-50(45)58)36-11-8-10-34(26-36)31-54)52(57-3)53(42)59-48-17-7-5-15-44(48)46-21-19-39(30-51(46)59)37-12-9-13-41(28-37)56-2/h4-30H,1H3. The zero-order valence-electron chi connectivity index (χ0n) is 31.8. The number of nitrogens with zero attached hydrogens (tertiary/aromatic N) is 6. The largest absolute Gasteiger partial charge is 0.319 e. The van der Waals surface area contributed by atoms with E-state index in [0.717, 1.165) is 82.6 Å². The maximum Gasteiger partial charge on any atom is 0.234 e. The highest BCUT2D eigenvalue weighted by molar-refractivity contribution is 6.13. The molecule has 0 aliphatic rings. The first-order chi connectivity index (χ1) is 29.0. The number of rotatable bonds is 5. The lowest BCUT2D eigenvalue weighted by molar-refractivity contribution is 1.14. The number of hydrogen-bond donors (Lipinski definition) is 0. The van der Waals surface area contributed by atoms with Gasteiger partial charge >= 0.3 is 0 Å². The van der Waals surface area contributed by atoms with E-state index >= 15 is 0 Å². The summed E-state index contributed by atoms with van der Waals surface area (Å²) in [5, 5.41) is 24.0. The molecule has 0 unspecified atom stereocenters. The highest BCUT2D eigenvalue weighted by Gasteiger charge is 2.25. The highest BCUT2D eigenvalue weighted by atomic mass is 15.1. The van der Waals surface area contributed by atoms with Crippen molar-refractivity contribution in [1.29, 1.82) is 10.5 Å². The normalized spacial score (nSPS) is 11.1. The lowest BCUT2D eigenvalue weighted by Gasteiger charge is -2.21. The first-order valence-electron chi connectivity index (χ1n) is 19.1. The van der Waals surface area contributed by atoms with E-state index in [4.69, 9.17) is 13.1 Å². The molecule has 0 bridgehead atoms. The van der Waals surface area contributed by atoms with Crippen LogP contribution in [0.3, 0.4) is 0 Å². The van der Waals surface area contributed by atoms with Crippen LogP contribution in [0.4, 0.5) is 11.4 Å². The quantitative estimate of drug-likeness (QED) is 0.164. The van der Waals surface area contributed by atoms with E-state index in [1.807, 2.05) is 91.9 Å². The first kappa shape index (κ1) is 34.8. The van der Waals surface area contributed by atoms with Gasteiger partial charge in [0.05, 0.1) is 69.9 Å². The lowest BCUT2D eigenvalue weighted by atomic mass is 9.97. The van der Waals surface area contributed by atoms with Crippen LogP contribution < -0.4 is 0 Å². The molecular weight excluding hydrogens is 721 g/mol. The Morgan fingerprint density at radius 3 is 1.69 bits per heavy atom. The van der Waals surface area contributed by atoms with Crippen LogP contribution in [0.25, 0.3) is 98.1 Å². The molecule has 0 radical (unpaired) electrons. The van der Waals surface area contributed by atoms with Gasteiger partial charge in [0, 0.05) is 21.5 Å². The summed E-state index contributed by atoms with van der Waals surface area (Å²) in [5.74, 6) is 0. The van der Waals surface area contributed by atoms with Crippen molar-refractivity contribution >= 4 is 55.0 Å². The maximum atomic E-state index is 10.1. The molecule has 0 aliphatic heterocycles. The number of para-hydroxylation sites is 2. The molecule has 0 N–H and O–H groups in total. The van der Waals surface area contributed by atoms with Crippen molar-refractivity contribution in [2.75, 3.05) is 0 Å². The summed E-state index contributed by atoms with van der Waals surface area (Å²) in [6.45, 7) is 18.7. The van der Waals surface area contributed by atoms with E-state index in [0.29, 0.717) is 33.9 Å². The van der Waals surface area contributed by atoms with Gasteiger partial charge < -0.3 is 9.13 Å². The van der Waals surface area contributed by atoms with E-state index in [-0.39, 0.29) is 0 Å². The molecule has 59 heavy (non-hydrogen) atoms. The van der Waals surface area contributed by atoms with Crippen LogP contribution in [0.5, 0.6) is 0 Å². The summed E-state index contributed by atoms with van der Waals surface area (Å²) >= 11 is 0. The van der Waals surface area contributed by atoms with Gasteiger partial charge in [0.2, 0.25) is 5.69 Å². The van der Waals surface area contributed by atoms with Crippen molar-refractivity contribution in [3.8, 4) is 56.9 Å². The summed E-state index contributed by atoms with van der Waals surface area (Å²) in [6.07, 6.45) is 0. The van der Waals surface area contributed by atoms with Crippen LogP contribution in [-0.4, -0.2) is 9.13 Å². The second kappa shape index (κ2) is 13.8. The second-order valence-electron chi connectivity index (χ2n) is 14.7. The van der Waals surface area contributed by atoms with Gasteiger partial charge in [0.1, 0.15) is 0 Å². The molecule has 6 heteroatoms. The number of aryl methyl sites for hydroxylation is 1. The SMILES string of the molecule is [C-]#[N+]c1cccc(-c2ccc3c4ccccc4n(-c4c(-c5cc(C)cc(C#N)c5)ccc(-n5c6ccccc6c6ccc(-c7cccc(C#N)c7)cc65)c4[N+]#[C-])c3c2)c1. The van der Waals surface area contributed by atoms with Gasteiger partial charge in [0.15, 0.2) is 5.69 Å². The molecule has 0 fully saturated rings. The minimum absolute atomic E-state index is 0.449. The van der Waals surface area contributed by atoms with Crippen molar-refractivity contribution in [2.24, 2.45) is 0 Å². The molecule has 8 aromatic carbocycles. The summed E-state index contributed by atoms with van der Waals surface area (Å²) in [6, 6.07) is 59.1. The van der Waals surface area contributed by atoms with Crippen molar-refractivity contribution in [3.63, 3.8) is 0 Å². The fourth-order valence-electron chi connectivity index (χ4n) is 8.65. The molecule has 10 aromatic rings. The van der Waals surface area contributed by atoms with E-state index in [2.05, 4.69) is 104 Å². The number of benzene rings is 8. The van der Waals surface area contributed by atoms with E-state index in [9.17, 15) is 10.5 Å². The Morgan fingerprint density at radius 1 is 0.458 bits per heavy atom. The summed E-state index contributed by atoms with van der Waals surface area (Å²) < 4.78 is 4.40. The minimum Gasteiger partial charge on any atom is -0.319 e. The van der Waals surface area contributed by atoms with Gasteiger partial charge in [-0.3, -0.25) is 0 Å². The lowest BCUT2D eigenvalue weighted by Crippen LogP contribution is -2.03. The average molecular weight is 751 g/mol. The maximum absolute atomic E-state index is 10.1. The van der Waals surface area contributed by atoms with Crippen LogP contribution in [0, 0.1) is 42.7 Å². The van der Waals surface area contributed by atoms with Gasteiger partial charge in [-0.25, -0.2) is 9.69 Å². The van der Waals surface area contributed by atoms with Gasteiger partial charge in [-0.05, 0) is 107 Å². The number of aromatic nitrogens is 2. The molecule has 0 aliphatic carbocycles. The summed E-state index contributed by atoms with van der Waals surface area (Å²) in [4.78, 5) is 8.13. The first-order valence-corrected chi connectivity index (χ1v) is 19.1. The molecule has 2 aromatic heterocycles. The molecule has 0 saturated carbocycles. The summed E-state index contributed by atoms with van der Waals surface area (Å²) in [7, 11) is 0. The predicted molar refractivity (Wildman–Crippen MR) is 238 cm³/mol. The van der Waals surface area contributed by atoms with Gasteiger partial charge in [-0.2, -0.15) is 10.5 Å². The topological polar surface area (TPSA) is 66.2 Å². The Balaban J connectivity index is 1.34. The van der Waals surface area contributed by atoms with Crippen LogP contribution >= 0.6 is 0 Å². The Labute approximate surface area is 340 Å². The zero-order valence-corrected chi connectivity index (χ0v) is 31.8. The zero-order chi connectivity index (χ0) is 40.2. The average Bonchev–Trinajstić information content (AvgIpc) is 3.80. The van der Waals surface area contributed by atoms with Crippen LogP contribution in [0.15, 0.2) is 164 Å². The molecule has 0 spiro atoms. The Kier molecular flexibility index (Phi) is 8.14.